The standard InChI is InChI=1S/C31H30FN9O4S/c1-18-13-14-40-26(18)31(42)41(22-7-5-4-6-8-22)29(38-40)19(2)37-28-25(27(33)35-17-36-28)20-15-24(30(45-3)34-16-20)39-46(43,44)23-11-9-21(32)10-12-23/h4-17,19,29,38-39H,1-3H3,(H3,33,35,36,37)/t19-,29?/m0/s1. The fraction of sp³-hybridized carbons (Fsp3) is 0.161. The zero-order valence-electron chi connectivity index (χ0n) is 25.0. The van der Waals surface area contributed by atoms with Gasteiger partial charge in [-0.15, -0.1) is 0 Å². The van der Waals surface area contributed by atoms with Gasteiger partial charge in [0.15, 0.2) is 0 Å². The Kier molecular flexibility index (Phi) is 7.92. The number of nitrogen functional groups attached to an aromatic ring is 1. The summed E-state index contributed by atoms with van der Waals surface area (Å²) in [6.45, 7) is 3.77. The summed E-state index contributed by atoms with van der Waals surface area (Å²) in [7, 11) is -2.79. The van der Waals surface area contributed by atoms with Gasteiger partial charge in [0.25, 0.3) is 15.9 Å². The number of pyridine rings is 1. The third-order valence-corrected chi connectivity index (χ3v) is 8.89. The maximum atomic E-state index is 13.8. The Hall–Kier alpha value is -5.70. The summed E-state index contributed by atoms with van der Waals surface area (Å²) in [5, 5.41) is 3.37. The van der Waals surface area contributed by atoms with Crippen molar-refractivity contribution >= 4 is 38.9 Å². The number of anilines is 4. The molecule has 3 aromatic heterocycles. The summed E-state index contributed by atoms with van der Waals surface area (Å²) >= 11 is 0. The molecule has 0 saturated heterocycles. The molecule has 1 unspecified atom stereocenters. The van der Waals surface area contributed by atoms with E-state index in [2.05, 4.69) is 30.4 Å². The SMILES string of the molecule is COc1ncc(-c2c(N)ncnc2N[C@@H](C)C2Nn3ccc(C)c3C(=O)N2c2ccccc2)cc1NS(=O)(=O)c1ccc(F)cc1. The molecule has 5 aromatic rings. The molecule has 0 fully saturated rings. The molecule has 13 nitrogen and oxygen atoms in total. The molecule has 236 valence electrons. The van der Waals surface area contributed by atoms with Crippen LogP contribution in [0.5, 0.6) is 5.88 Å². The molecule has 1 aliphatic heterocycles. The van der Waals surface area contributed by atoms with Crippen LogP contribution in [-0.4, -0.2) is 53.3 Å². The van der Waals surface area contributed by atoms with Crippen LogP contribution in [0.3, 0.4) is 0 Å². The Balaban J connectivity index is 1.36. The summed E-state index contributed by atoms with van der Waals surface area (Å²) in [4.78, 5) is 28.3. The maximum absolute atomic E-state index is 13.8. The minimum absolute atomic E-state index is 0.00558. The summed E-state index contributed by atoms with van der Waals surface area (Å²) in [6, 6.07) is 16.6. The molecule has 15 heteroatoms. The molecule has 0 aliphatic carbocycles. The number of hydrogen-bond acceptors (Lipinski definition) is 10. The van der Waals surface area contributed by atoms with Crippen molar-refractivity contribution in [3.8, 4) is 17.0 Å². The maximum Gasteiger partial charge on any atom is 0.278 e. The minimum atomic E-state index is -4.14. The highest BCUT2D eigenvalue weighted by Crippen LogP contribution is 2.36. The van der Waals surface area contributed by atoms with Gasteiger partial charge in [0, 0.05) is 23.6 Å². The number of ether oxygens (including phenoxy) is 1. The van der Waals surface area contributed by atoms with Crippen LogP contribution < -0.4 is 30.8 Å². The number of fused-ring (bicyclic) bond motifs is 1. The number of benzene rings is 2. The fourth-order valence-corrected chi connectivity index (χ4v) is 6.33. The predicted molar refractivity (Wildman–Crippen MR) is 172 cm³/mol. The Morgan fingerprint density at radius 1 is 1.07 bits per heavy atom. The molecule has 1 aliphatic rings. The molecule has 2 atom stereocenters. The van der Waals surface area contributed by atoms with Gasteiger partial charge in [0.2, 0.25) is 5.88 Å². The molecule has 0 spiro atoms. The second-order valence-electron chi connectivity index (χ2n) is 10.6. The van der Waals surface area contributed by atoms with E-state index in [1.807, 2.05) is 50.2 Å². The third kappa shape index (κ3) is 5.63. The van der Waals surface area contributed by atoms with E-state index < -0.39 is 28.0 Å². The quantitative estimate of drug-likeness (QED) is 0.183. The van der Waals surface area contributed by atoms with Crippen molar-refractivity contribution in [2.45, 2.75) is 31.0 Å². The van der Waals surface area contributed by atoms with Crippen LogP contribution >= 0.6 is 0 Å². The van der Waals surface area contributed by atoms with Crippen LogP contribution in [0.4, 0.5) is 27.4 Å². The first-order chi connectivity index (χ1) is 22.1. The summed E-state index contributed by atoms with van der Waals surface area (Å²) in [5.41, 5.74) is 12.6. The number of aromatic nitrogens is 4. The number of nitrogens with two attached hydrogens (primary N) is 1. The molecular formula is C31H30FN9O4S. The minimum Gasteiger partial charge on any atom is -0.480 e. The number of aryl methyl sites for hydroxylation is 1. The van der Waals surface area contributed by atoms with Crippen LogP contribution in [0.15, 0.2) is 90.3 Å². The average Bonchev–Trinajstić information content (AvgIpc) is 3.42. The van der Waals surface area contributed by atoms with Crippen LogP contribution in [0.25, 0.3) is 11.1 Å². The Bertz CT molecular complexity index is 2020. The Morgan fingerprint density at radius 3 is 2.52 bits per heavy atom. The van der Waals surface area contributed by atoms with Crippen LogP contribution in [0, 0.1) is 12.7 Å². The van der Waals surface area contributed by atoms with E-state index in [1.165, 1.54) is 25.7 Å². The van der Waals surface area contributed by atoms with Crippen molar-refractivity contribution in [2.75, 3.05) is 33.2 Å². The number of sulfonamides is 1. The molecule has 46 heavy (non-hydrogen) atoms. The lowest BCUT2D eigenvalue weighted by Crippen LogP contribution is -2.59. The van der Waals surface area contributed by atoms with E-state index in [-0.39, 0.29) is 28.2 Å². The van der Waals surface area contributed by atoms with E-state index in [9.17, 15) is 17.6 Å². The van der Waals surface area contributed by atoms with Gasteiger partial charge in [-0.05, 0) is 67.9 Å². The molecule has 1 amide bonds. The van der Waals surface area contributed by atoms with Gasteiger partial charge in [-0.1, -0.05) is 18.2 Å². The van der Waals surface area contributed by atoms with Crippen LogP contribution in [0.2, 0.25) is 0 Å². The van der Waals surface area contributed by atoms with E-state index in [0.717, 1.165) is 29.8 Å². The van der Waals surface area contributed by atoms with Gasteiger partial charge in [-0.25, -0.2) is 27.8 Å². The zero-order chi connectivity index (χ0) is 32.6. The number of hydrogen-bond donors (Lipinski definition) is 4. The Morgan fingerprint density at radius 2 is 1.80 bits per heavy atom. The largest absolute Gasteiger partial charge is 0.480 e. The van der Waals surface area contributed by atoms with Crippen molar-refractivity contribution in [2.24, 2.45) is 0 Å². The summed E-state index contributed by atoms with van der Waals surface area (Å²) < 4.78 is 49.2. The van der Waals surface area contributed by atoms with Crippen LogP contribution in [0.1, 0.15) is 23.0 Å². The first-order valence-corrected chi connectivity index (χ1v) is 15.6. The van der Waals surface area contributed by atoms with Crippen molar-refractivity contribution in [3.63, 3.8) is 0 Å². The van der Waals surface area contributed by atoms with Crippen molar-refractivity contribution in [3.05, 3.63) is 103 Å². The van der Waals surface area contributed by atoms with Gasteiger partial charge < -0.3 is 21.2 Å². The summed E-state index contributed by atoms with van der Waals surface area (Å²) in [5.74, 6) is -0.339. The normalized spacial score (nSPS) is 15.1. The van der Waals surface area contributed by atoms with Gasteiger partial charge in [-0.3, -0.25) is 19.1 Å². The van der Waals surface area contributed by atoms with Crippen molar-refractivity contribution < 1.29 is 22.3 Å². The van der Waals surface area contributed by atoms with E-state index in [1.54, 1.807) is 15.8 Å². The highest BCUT2D eigenvalue weighted by molar-refractivity contribution is 7.92. The second kappa shape index (κ2) is 12.0. The van der Waals surface area contributed by atoms with E-state index in [0.29, 0.717) is 28.3 Å². The number of methoxy groups -OCH3 is 1. The number of amides is 1. The smallest absolute Gasteiger partial charge is 0.278 e. The molecule has 4 heterocycles. The zero-order valence-corrected chi connectivity index (χ0v) is 25.8. The molecule has 0 bridgehead atoms. The van der Waals surface area contributed by atoms with E-state index >= 15 is 0 Å². The molecular weight excluding hydrogens is 613 g/mol. The van der Waals surface area contributed by atoms with Gasteiger partial charge in [0.05, 0.1) is 23.6 Å². The number of rotatable bonds is 9. The Labute approximate surface area is 264 Å². The van der Waals surface area contributed by atoms with Crippen LogP contribution in [-0.2, 0) is 10.0 Å². The lowest BCUT2D eigenvalue weighted by molar-refractivity contribution is 0.0954. The number of carbonyl (C=O) groups is 1. The number of para-hydroxylation sites is 1. The lowest BCUT2D eigenvalue weighted by Gasteiger charge is -2.41. The van der Waals surface area contributed by atoms with E-state index in [4.69, 9.17) is 10.5 Å². The molecule has 6 rings (SSSR count). The highest BCUT2D eigenvalue weighted by atomic mass is 32.2. The molecule has 0 radical (unpaired) electrons. The number of nitrogens with zero attached hydrogens (tertiary/aromatic N) is 5. The monoisotopic (exact) mass is 643 g/mol. The van der Waals surface area contributed by atoms with Crippen molar-refractivity contribution in [1.29, 1.82) is 0 Å². The van der Waals surface area contributed by atoms with Gasteiger partial charge in [-0.2, -0.15) is 0 Å². The molecule has 2 aromatic carbocycles. The number of halogens is 1. The predicted octanol–water partition coefficient (Wildman–Crippen LogP) is 4.21. The summed E-state index contributed by atoms with van der Waals surface area (Å²) in [6.07, 6.45) is 3.97. The van der Waals surface area contributed by atoms with Crippen molar-refractivity contribution in [1.82, 2.24) is 19.6 Å². The topological polar surface area (TPSA) is 169 Å². The third-order valence-electron chi connectivity index (χ3n) is 7.51. The first-order valence-electron chi connectivity index (χ1n) is 14.1. The van der Waals surface area contributed by atoms with Gasteiger partial charge in [0.1, 0.15) is 41.3 Å². The number of nitrogens with one attached hydrogen (secondary N) is 3. The highest BCUT2D eigenvalue weighted by Gasteiger charge is 2.38. The molecule has 5 N–H and O–H groups in total. The average molecular weight is 644 g/mol. The number of carbonyl (C=O) groups excluding carboxylic acids is 1. The lowest BCUT2D eigenvalue weighted by atomic mass is 10.1. The molecule has 0 saturated carbocycles. The first kappa shape index (κ1) is 30.3. The fourth-order valence-electron chi connectivity index (χ4n) is 5.28. The van der Waals surface area contributed by atoms with Gasteiger partial charge >= 0.3 is 0 Å². The second-order valence-corrected chi connectivity index (χ2v) is 12.2.